The number of nitrogens with one attached hydrogen (secondary N) is 1. The molecule has 0 spiro atoms. The smallest absolute Gasteiger partial charge is 0.224 e. The minimum Gasteiger partial charge on any atom is -0.382 e. The van der Waals surface area contributed by atoms with Crippen LogP contribution in [0.3, 0.4) is 0 Å². The average Bonchev–Trinajstić information content (AvgIpc) is 2.19. The van der Waals surface area contributed by atoms with E-state index in [9.17, 15) is 0 Å². The largest absolute Gasteiger partial charge is 0.382 e. The van der Waals surface area contributed by atoms with Gasteiger partial charge in [-0.05, 0) is 7.05 Å². The van der Waals surface area contributed by atoms with Gasteiger partial charge in [-0.25, -0.2) is 9.97 Å². The van der Waals surface area contributed by atoms with Gasteiger partial charge in [-0.1, -0.05) is 0 Å². The minimum atomic E-state index is 0.107. The number of nitrogen functional groups attached to an aromatic ring is 2. The number of hydrogen-bond acceptors (Lipinski definition) is 7. The molecule has 0 radical (unpaired) electrons. The van der Waals surface area contributed by atoms with Crippen molar-refractivity contribution < 1.29 is 0 Å². The summed E-state index contributed by atoms with van der Waals surface area (Å²) >= 11 is 0. The quantitative estimate of drug-likeness (QED) is 0.593. The highest BCUT2D eigenvalue weighted by molar-refractivity contribution is 5.81. The molecule has 0 bridgehead atoms. The fourth-order valence-corrected chi connectivity index (χ4v) is 1.25. The lowest BCUT2D eigenvalue weighted by atomic mass is 10.4. The second kappa shape index (κ2) is 3.62. The Labute approximate surface area is 86.0 Å². The summed E-state index contributed by atoms with van der Waals surface area (Å²) < 4.78 is 0. The summed E-state index contributed by atoms with van der Waals surface area (Å²) in [6, 6.07) is 0. The first kappa shape index (κ1) is 9.53. The topological polar surface area (TPSA) is 116 Å². The van der Waals surface area contributed by atoms with E-state index in [0.29, 0.717) is 17.7 Å². The van der Waals surface area contributed by atoms with Crippen LogP contribution in [0.1, 0.15) is 5.69 Å². The van der Waals surface area contributed by atoms with Crippen LogP contribution in [-0.4, -0.2) is 27.0 Å². The molecule has 2 rings (SSSR count). The first-order valence-corrected chi connectivity index (χ1v) is 4.40. The van der Waals surface area contributed by atoms with Crippen LogP contribution in [-0.2, 0) is 6.54 Å². The summed E-state index contributed by atoms with van der Waals surface area (Å²) in [7, 11) is 1.83. The van der Waals surface area contributed by atoms with Gasteiger partial charge in [0.1, 0.15) is 0 Å². The van der Waals surface area contributed by atoms with Crippen molar-refractivity contribution in [1.82, 2.24) is 25.3 Å². The maximum Gasteiger partial charge on any atom is 0.224 e. The summed E-state index contributed by atoms with van der Waals surface area (Å²) in [5, 5.41) is 2.97. The van der Waals surface area contributed by atoms with Gasteiger partial charge in [0.05, 0.1) is 11.9 Å². The molecule has 0 atom stereocenters. The van der Waals surface area contributed by atoms with Crippen molar-refractivity contribution in [1.29, 1.82) is 0 Å². The third-order valence-electron chi connectivity index (χ3n) is 1.86. The summed E-state index contributed by atoms with van der Waals surface area (Å²) in [5.41, 5.74) is 12.8. The Morgan fingerprint density at radius 2 is 2.07 bits per heavy atom. The normalized spacial score (nSPS) is 10.7. The maximum atomic E-state index is 5.67. The Kier molecular flexibility index (Phi) is 2.30. The zero-order valence-corrected chi connectivity index (χ0v) is 8.23. The molecule has 0 aliphatic carbocycles. The number of rotatable bonds is 2. The molecule has 78 valence electrons. The molecule has 0 unspecified atom stereocenters. The Hall–Kier alpha value is -2.02. The molecule has 0 amide bonds. The highest BCUT2D eigenvalue weighted by atomic mass is 15.1. The van der Waals surface area contributed by atoms with E-state index in [1.165, 1.54) is 0 Å². The molecule has 2 aromatic rings. The third-order valence-corrected chi connectivity index (χ3v) is 1.86. The molecule has 2 aromatic heterocycles. The van der Waals surface area contributed by atoms with Gasteiger partial charge in [0, 0.05) is 6.54 Å². The van der Waals surface area contributed by atoms with E-state index in [2.05, 4.69) is 25.3 Å². The van der Waals surface area contributed by atoms with Crippen LogP contribution >= 0.6 is 0 Å². The maximum absolute atomic E-state index is 5.67. The van der Waals surface area contributed by atoms with Gasteiger partial charge < -0.3 is 16.8 Å². The van der Waals surface area contributed by atoms with Gasteiger partial charge in [-0.3, -0.25) is 0 Å². The van der Waals surface area contributed by atoms with Crippen LogP contribution in [0.25, 0.3) is 11.2 Å². The predicted octanol–water partition coefficient (Wildman–Crippen LogP) is -0.696. The second-order valence-electron chi connectivity index (χ2n) is 3.03. The van der Waals surface area contributed by atoms with Crippen molar-refractivity contribution in [3.05, 3.63) is 11.9 Å². The van der Waals surface area contributed by atoms with Crippen molar-refractivity contribution in [3.8, 4) is 0 Å². The molecule has 7 nitrogen and oxygen atoms in total. The van der Waals surface area contributed by atoms with Crippen LogP contribution in [0.2, 0.25) is 0 Å². The molecule has 0 saturated heterocycles. The van der Waals surface area contributed by atoms with Gasteiger partial charge in [-0.15, -0.1) is 0 Å². The lowest BCUT2D eigenvalue weighted by Crippen LogP contribution is -2.09. The zero-order chi connectivity index (χ0) is 10.8. The van der Waals surface area contributed by atoms with Gasteiger partial charge in [0.2, 0.25) is 5.95 Å². The predicted molar refractivity (Wildman–Crippen MR) is 56.7 cm³/mol. The number of aromatic nitrogens is 4. The van der Waals surface area contributed by atoms with Crippen LogP contribution in [0, 0.1) is 0 Å². The van der Waals surface area contributed by atoms with Crippen LogP contribution in [0.5, 0.6) is 0 Å². The third kappa shape index (κ3) is 1.77. The van der Waals surface area contributed by atoms with E-state index < -0.39 is 0 Å². The molecule has 2 heterocycles. The average molecular weight is 205 g/mol. The van der Waals surface area contributed by atoms with Gasteiger partial charge >= 0.3 is 0 Å². The number of nitrogens with zero attached hydrogens (tertiary/aromatic N) is 4. The summed E-state index contributed by atoms with van der Waals surface area (Å²) in [5.74, 6) is 0.360. The SMILES string of the molecule is CNCc1cnc2nc(N)nc(N)c2n1. The van der Waals surface area contributed by atoms with Crippen LogP contribution in [0.4, 0.5) is 11.8 Å². The first-order valence-electron chi connectivity index (χ1n) is 4.40. The molecule has 0 saturated carbocycles. The molecular weight excluding hydrogens is 194 g/mol. The van der Waals surface area contributed by atoms with Gasteiger partial charge in [0.15, 0.2) is 17.0 Å². The summed E-state index contributed by atoms with van der Waals surface area (Å²) in [6.07, 6.45) is 1.63. The van der Waals surface area contributed by atoms with Crippen molar-refractivity contribution in [2.45, 2.75) is 6.54 Å². The second-order valence-corrected chi connectivity index (χ2v) is 3.03. The van der Waals surface area contributed by atoms with E-state index >= 15 is 0 Å². The van der Waals surface area contributed by atoms with E-state index in [1.54, 1.807) is 6.20 Å². The van der Waals surface area contributed by atoms with Crippen LogP contribution < -0.4 is 16.8 Å². The Morgan fingerprint density at radius 1 is 1.27 bits per heavy atom. The summed E-state index contributed by atoms with van der Waals surface area (Å²) in [6.45, 7) is 0.618. The fourth-order valence-electron chi connectivity index (χ4n) is 1.25. The van der Waals surface area contributed by atoms with E-state index in [1.807, 2.05) is 7.05 Å². The molecule has 5 N–H and O–H groups in total. The van der Waals surface area contributed by atoms with Crippen molar-refractivity contribution in [2.24, 2.45) is 0 Å². The Morgan fingerprint density at radius 3 is 2.80 bits per heavy atom. The molecule has 0 aromatic carbocycles. The van der Waals surface area contributed by atoms with Crippen molar-refractivity contribution in [2.75, 3.05) is 18.5 Å². The highest BCUT2D eigenvalue weighted by Gasteiger charge is 2.06. The monoisotopic (exact) mass is 205 g/mol. The molecular formula is C8H11N7. The van der Waals surface area contributed by atoms with Crippen molar-refractivity contribution in [3.63, 3.8) is 0 Å². The zero-order valence-electron chi connectivity index (χ0n) is 8.23. The Bertz CT molecular complexity index is 496. The minimum absolute atomic E-state index is 0.107. The molecule has 0 aliphatic heterocycles. The molecule has 0 fully saturated rings. The summed E-state index contributed by atoms with van der Waals surface area (Å²) in [4.78, 5) is 16.1. The van der Waals surface area contributed by atoms with Gasteiger partial charge in [-0.2, -0.15) is 9.97 Å². The molecule has 0 aliphatic rings. The number of hydrogen-bond donors (Lipinski definition) is 3. The van der Waals surface area contributed by atoms with E-state index in [4.69, 9.17) is 11.5 Å². The molecule has 7 heteroatoms. The first-order chi connectivity index (χ1) is 7.20. The van der Waals surface area contributed by atoms with Crippen LogP contribution in [0.15, 0.2) is 6.20 Å². The standard InChI is InChI=1S/C8H11N7/c1-11-2-4-3-12-7-5(13-4)6(9)14-8(10)15-7/h3,11H,2H2,1H3,(H4,9,10,12,14,15). The number of fused-ring (bicyclic) bond motifs is 1. The lowest BCUT2D eigenvalue weighted by molar-refractivity contribution is 0.790. The van der Waals surface area contributed by atoms with Crippen molar-refractivity contribution >= 4 is 22.9 Å². The number of nitrogens with two attached hydrogens (primary N) is 2. The number of anilines is 2. The highest BCUT2D eigenvalue weighted by Crippen LogP contribution is 2.14. The Balaban J connectivity index is 2.60. The van der Waals surface area contributed by atoms with E-state index in [-0.39, 0.29) is 11.8 Å². The lowest BCUT2D eigenvalue weighted by Gasteiger charge is -2.03. The van der Waals surface area contributed by atoms with E-state index in [0.717, 1.165) is 5.69 Å². The fraction of sp³-hybridized carbons (Fsp3) is 0.250. The van der Waals surface area contributed by atoms with Gasteiger partial charge in [0.25, 0.3) is 0 Å². The molecule has 15 heavy (non-hydrogen) atoms.